The van der Waals surface area contributed by atoms with Crippen molar-refractivity contribution in [3.8, 4) is 0 Å². The smallest absolute Gasteiger partial charge is 0.187 e. The molecule has 0 heterocycles. The third-order valence-corrected chi connectivity index (χ3v) is 8.33. The maximum atomic E-state index is 8.08. The molecule has 0 fully saturated rings. The summed E-state index contributed by atoms with van der Waals surface area (Å²) in [5.74, 6) is 0. The molecule has 0 bridgehead atoms. The zero-order chi connectivity index (χ0) is 30.3. The Morgan fingerprint density at radius 1 is 0.432 bits per heavy atom. The Hall–Kier alpha value is -6.11. The lowest BCUT2D eigenvalue weighted by Crippen LogP contribution is -2.11. The van der Waals surface area contributed by atoms with Gasteiger partial charge in [0.15, 0.2) is 5.69 Å². The third-order valence-electron chi connectivity index (χ3n) is 8.33. The summed E-state index contributed by atoms with van der Waals surface area (Å²) in [7, 11) is 0. The van der Waals surface area contributed by atoms with Gasteiger partial charge in [-0.3, -0.25) is 0 Å². The number of anilines is 6. The van der Waals surface area contributed by atoms with Crippen LogP contribution in [0, 0.1) is 6.57 Å². The van der Waals surface area contributed by atoms with Gasteiger partial charge < -0.3 is 9.80 Å². The summed E-state index contributed by atoms with van der Waals surface area (Å²) in [5, 5.41) is 7.13. The van der Waals surface area contributed by atoms with Gasteiger partial charge in [0.25, 0.3) is 0 Å². The molecule has 8 aromatic carbocycles. The highest BCUT2D eigenvalue weighted by Crippen LogP contribution is 2.47. The maximum absolute atomic E-state index is 8.08. The van der Waals surface area contributed by atoms with E-state index in [1.807, 2.05) is 60.7 Å². The van der Waals surface area contributed by atoms with Crippen molar-refractivity contribution in [3.05, 3.63) is 175 Å². The number of rotatable bonds is 6. The lowest BCUT2D eigenvalue weighted by Gasteiger charge is -2.29. The first-order chi connectivity index (χ1) is 22.2. The standard InChI is InChI=1S/C41H27N3/c1-42-31-21-23-35(24-22-31)44(34-15-9-4-10-16-34)39-28-20-30-17-25-36-38(27-19-29-18-26-37(39)41(30)40(29)36)43(32-11-5-2-6-12-32)33-13-7-3-8-14-33/h2-28H/i2D. The van der Waals surface area contributed by atoms with Gasteiger partial charge in [0.05, 0.1) is 19.3 Å². The van der Waals surface area contributed by atoms with Crippen molar-refractivity contribution in [1.29, 1.82) is 0 Å². The van der Waals surface area contributed by atoms with Crippen LogP contribution < -0.4 is 9.80 Å². The first kappa shape index (κ1) is 24.5. The van der Waals surface area contributed by atoms with E-state index in [0.717, 1.165) is 44.9 Å². The summed E-state index contributed by atoms with van der Waals surface area (Å²) in [6.07, 6.45) is 0. The second-order valence-corrected chi connectivity index (χ2v) is 10.8. The predicted molar refractivity (Wildman–Crippen MR) is 186 cm³/mol. The Kier molecular flexibility index (Phi) is 5.91. The second kappa shape index (κ2) is 10.6. The molecule has 3 heteroatoms. The Morgan fingerprint density at radius 2 is 0.841 bits per heavy atom. The average molecular weight is 563 g/mol. The first-order valence-electron chi connectivity index (χ1n) is 15.1. The summed E-state index contributed by atoms with van der Waals surface area (Å²) < 4.78 is 8.08. The van der Waals surface area contributed by atoms with Crippen molar-refractivity contribution in [2.75, 3.05) is 9.80 Å². The van der Waals surface area contributed by atoms with Gasteiger partial charge in [-0.25, -0.2) is 4.85 Å². The number of benzene rings is 8. The molecule has 0 aliphatic carbocycles. The SMILES string of the molecule is [2H]c1ccc(N(c2ccccc2)c2ccc3ccc4c(N(c5ccccc5)c5ccc([N+]#[C-])cc5)ccc5ccc2c3c54)cc1. The minimum Gasteiger partial charge on any atom is -0.310 e. The first-order valence-corrected chi connectivity index (χ1v) is 14.6. The minimum atomic E-state index is 0.487. The van der Waals surface area contributed by atoms with Gasteiger partial charge in [-0.05, 0) is 82.2 Å². The topological polar surface area (TPSA) is 10.8 Å². The van der Waals surface area contributed by atoms with Gasteiger partial charge >= 0.3 is 0 Å². The average Bonchev–Trinajstić information content (AvgIpc) is 3.10. The summed E-state index contributed by atoms with van der Waals surface area (Å²) in [4.78, 5) is 8.17. The number of hydrogen-bond acceptors (Lipinski definition) is 2. The molecule has 0 N–H and O–H groups in total. The minimum absolute atomic E-state index is 0.487. The van der Waals surface area contributed by atoms with Crippen LogP contribution >= 0.6 is 0 Å². The predicted octanol–water partition coefficient (Wildman–Crippen LogP) is 12.1. The molecule has 0 atom stereocenters. The van der Waals surface area contributed by atoms with Crippen molar-refractivity contribution < 1.29 is 1.37 Å². The molecule has 8 rings (SSSR count). The molecule has 0 saturated carbocycles. The van der Waals surface area contributed by atoms with E-state index in [9.17, 15) is 0 Å². The molecule has 8 aromatic rings. The summed E-state index contributed by atoms with van der Waals surface area (Å²) in [5.41, 5.74) is 6.90. The van der Waals surface area contributed by atoms with Crippen LogP contribution in [0.15, 0.2) is 164 Å². The van der Waals surface area contributed by atoms with Gasteiger partial charge in [-0.15, -0.1) is 0 Å². The quantitative estimate of drug-likeness (QED) is 0.147. The molecule has 0 unspecified atom stereocenters. The van der Waals surface area contributed by atoms with E-state index >= 15 is 0 Å². The molecule has 44 heavy (non-hydrogen) atoms. The highest BCUT2D eigenvalue weighted by molar-refractivity contribution is 6.28. The Labute approximate surface area is 258 Å². The molecular formula is C41H27N3. The van der Waals surface area contributed by atoms with Gasteiger partial charge in [0.2, 0.25) is 0 Å². The fraction of sp³-hybridized carbons (Fsp3) is 0. The molecule has 206 valence electrons. The summed E-state index contributed by atoms with van der Waals surface area (Å²) in [6.45, 7) is 7.44. The van der Waals surface area contributed by atoms with Crippen LogP contribution in [0.5, 0.6) is 0 Å². The number of hydrogen-bond donors (Lipinski definition) is 0. The van der Waals surface area contributed by atoms with Crippen LogP contribution in [0.2, 0.25) is 0 Å². The van der Waals surface area contributed by atoms with Gasteiger partial charge in [-0.2, -0.15) is 0 Å². The van der Waals surface area contributed by atoms with E-state index in [2.05, 4.69) is 112 Å². The van der Waals surface area contributed by atoms with Crippen molar-refractivity contribution in [3.63, 3.8) is 0 Å². The van der Waals surface area contributed by atoms with Crippen LogP contribution in [0.25, 0.3) is 37.2 Å². The molecule has 0 amide bonds. The summed E-state index contributed by atoms with van der Waals surface area (Å²) >= 11 is 0. The molecule has 0 radical (unpaired) electrons. The van der Waals surface area contributed by atoms with E-state index in [-0.39, 0.29) is 0 Å². The van der Waals surface area contributed by atoms with E-state index in [1.54, 1.807) is 0 Å². The number of nitrogens with zero attached hydrogens (tertiary/aromatic N) is 3. The fourth-order valence-electron chi connectivity index (χ4n) is 6.37. The van der Waals surface area contributed by atoms with Gasteiger partial charge in [0, 0.05) is 33.5 Å². The monoisotopic (exact) mass is 562 g/mol. The molecule has 0 aliphatic heterocycles. The fourth-order valence-corrected chi connectivity index (χ4v) is 6.37. The van der Waals surface area contributed by atoms with E-state index in [1.165, 1.54) is 21.5 Å². The molecule has 0 aromatic heterocycles. The van der Waals surface area contributed by atoms with Crippen LogP contribution in [-0.2, 0) is 0 Å². The Morgan fingerprint density at radius 3 is 1.30 bits per heavy atom. The molecular weight excluding hydrogens is 534 g/mol. The zero-order valence-corrected chi connectivity index (χ0v) is 23.9. The third kappa shape index (κ3) is 4.21. The summed E-state index contributed by atoms with van der Waals surface area (Å²) in [6, 6.07) is 54.6. The van der Waals surface area contributed by atoms with Crippen molar-refractivity contribution in [2.45, 2.75) is 0 Å². The van der Waals surface area contributed by atoms with E-state index < -0.39 is 0 Å². The molecule has 0 aliphatic rings. The lowest BCUT2D eigenvalue weighted by molar-refractivity contribution is 1.30. The van der Waals surface area contributed by atoms with E-state index in [0.29, 0.717) is 11.7 Å². The molecule has 0 saturated heterocycles. The highest BCUT2D eigenvalue weighted by Gasteiger charge is 2.21. The van der Waals surface area contributed by atoms with Crippen LogP contribution in [-0.4, -0.2) is 0 Å². The Balaban J connectivity index is 1.40. The van der Waals surface area contributed by atoms with Crippen LogP contribution in [0.3, 0.4) is 0 Å². The normalized spacial score (nSPS) is 11.5. The largest absolute Gasteiger partial charge is 0.310 e. The van der Waals surface area contributed by atoms with Crippen molar-refractivity contribution >= 4 is 72.1 Å². The van der Waals surface area contributed by atoms with Gasteiger partial charge in [-0.1, -0.05) is 103 Å². The zero-order valence-electron chi connectivity index (χ0n) is 24.9. The maximum Gasteiger partial charge on any atom is 0.187 e. The van der Waals surface area contributed by atoms with Crippen LogP contribution in [0.4, 0.5) is 39.8 Å². The van der Waals surface area contributed by atoms with Crippen molar-refractivity contribution in [2.24, 2.45) is 0 Å². The highest BCUT2D eigenvalue weighted by atomic mass is 15.1. The van der Waals surface area contributed by atoms with Crippen LogP contribution in [0.1, 0.15) is 1.37 Å². The molecule has 3 nitrogen and oxygen atoms in total. The molecule has 0 spiro atoms. The van der Waals surface area contributed by atoms with Gasteiger partial charge in [0.1, 0.15) is 0 Å². The lowest BCUT2D eigenvalue weighted by atomic mass is 9.91. The Bertz CT molecular complexity index is 2330. The van der Waals surface area contributed by atoms with Crippen molar-refractivity contribution in [1.82, 2.24) is 0 Å². The number of para-hydroxylation sites is 3. The second-order valence-electron chi connectivity index (χ2n) is 10.8. The van der Waals surface area contributed by atoms with E-state index in [4.69, 9.17) is 7.94 Å².